The molecule has 1 heterocycles. The summed E-state index contributed by atoms with van der Waals surface area (Å²) < 4.78 is 16.3. The third kappa shape index (κ3) is 5.21. The first-order chi connectivity index (χ1) is 10.9. The van der Waals surface area contributed by atoms with Crippen LogP contribution in [0.15, 0.2) is 41.6 Å². The lowest BCUT2D eigenvalue weighted by atomic mass is 10.2. The number of rotatable bonds is 10. The number of azide groups is 1. The van der Waals surface area contributed by atoms with Crippen LogP contribution in [0, 0.1) is 0 Å². The number of pyridine rings is 1. The normalized spacial score (nSPS) is 10.4. The largest absolute Gasteiger partial charge is 0.489 e. The lowest BCUT2D eigenvalue weighted by molar-refractivity contribution is 0.0390. The van der Waals surface area contributed by atoms with Crippen molar-refractivity contribution < 1.29 is 14.2 Å². The molecule has 0 spiro atoms. The van der Waals surface area contributed by atoms with Crippen LogP contribution in [0.25, 0.3) is 21.3 Å². The van der Waals surface area contributed by atoms with E-state index >= 15 is 0 Å². The highest BCUT2D eigenvalue weighted by molar-refractivity contribution is 5.84. The molecule has 0 aliphatic carbocycles. The molecule has 0 unspecified atom stereocenters. The number of nitrogens with zero attached hydrogens (tertiary/aromatic N) is 4. The van der Waals surface area contributed by atoms with Gasteiger partial charge in [-0.1, -0.05) is 23.3 Å². The van der Waals surface area contributed by atoms with Crippen LogP contribution in [0.1, 0.15) is 0 Å². The quantitative estimate of drug-likeness (QED) is 0.292. The summed E-state index contributed by atoms with van der Waals surface area (Å²) in [6, 6.07) is 9.74. The first-order valence-electron chi connectivity index (χ1n) is 7.04. The highest BCUT2D eigenvalue weighted by atomic mass is 16.5. The molecule has 7 heteroatoms. The van der Waals surface area contributed by atoms with Crippen LogP contribution >= 0.6 is 0 Å². The predicted molar refractivity (Wildman–Crippen MR) is 82.9 cm³/mol. The van der Waals surface area contributed by atoms with Crippen molar-refractivity contribution in [3.63, 3.8) is 0 Å². The Hall–Kier alpha value is -2.34. The van der Waals surface area contributed by atoms with Gasteiger partial charge in [-0.25, -0.2) is 0 Å². The molecule has 2 aromatic rings. The van der Waals surface area contributed by atoms with Crippen molar-refractivity contribution >= 4 is 10.9 Å². The zero-order valence-electron chi connectivity index (χ0n) is 12.2. The fraction of sp³-hybridized carbons (Fsp3) is 0.400. The van der Waals surface area contributed by atoms with Crippen LogP contribution < -0.4 is 4.74 Å². The molecule has 0 atom stereocenters. The summed E-state index contributed by atoms with van der Waals surface area (Å²) >= 11 is 0. The van der Waals surface area contributed by atoms with Gasteiger partial charge in [0.15, 0.2) is 0 Å². The maximum absolute atomic E-state index is 8.09. The second-order valence-corrected chi connectivity index (χ2v) is 4.36. The number of fused-ring (bicyclic) bond motifs is 1. The summed E-state index contributed by atoms with van der Waals surface area (Å²) in [5.74, 6) is 0.757. The molecule has 0 N–H and O–H groups in total. The molecule has 2 rings (SSSR count). The first kappa shape index (κ1) is 16.0. The van der Waals surface area contributed by atoms with Gasteiger partial charge < -0.3 is 14.2 Å². The Morgan fingerprint density at radius 3 is 2.64 bits per heavy atom. The Kier molecular flexibility index (Phi) is 6.98. The molecule has 0 aliphatic rings. The van der Waals surface area contributed by atoms with E-state index in [-0.39, 0.29) is 0 Å². The standard InChI is InChI=1S/C15H18N4O3/c16-19-18-7-8-20-9-10-21-11-12-22-14-5-1-3-13-4-2-6-17-15(13)14/h1-6H,7-12H2. The average Bonchev–Trinajstić information content (AvgIpc) is 2.56. The van der Waals surface area contributed by atoms with Crippen LogP contribution in [0.5, 0.6) is 5.75 Å². The first-order valence-corrected chi connectivity index (χ1v) is 7.04. The molecule has 7 nitrogen and oxygen atoms in total. The lowest BCUT2D eigenvalue weighted by Gasteiger charge is -2.09. The SMILES string of the molecule is [N-]=[N+]=NCCOCCOCCOc1cccc2cccnc12. The van der Waals surface area contributed by atoms with E-state index in [0.29, 0.717) is 39.6 Å². The summed E-state index contributed by atoms with van der Waals surface area (Å²) in [6.07, 6.45) is 1.75. The predicted octanol–water partition coefficient (Wildman–Crippen LogP) is 2.96. The van der Waals surface area contributed by atoms with Crippen molar-refractivity contribution in [3.8, 4) is 5.75 Å². The van der Waals surface area contributed by atoms with E-state index < -0.39 is 0 Å². The zero-order chi connectivity index (χ0) is 15.5. The summed E-state index contributed by atoms with van der Waals surface area (Å²) in [5.41, 5.74) is 8.94. The molecule has 0 radical (unpaired) electrons. The van der Waals surface area contributed by atoms with Crippen molar-refractivity contribution in [3.05, 3.63) is 47.0 Å². The Morgan fingerprint density at radius 1 is 1.00 bits per heavy atom. The molecule has 0 saturated heterocycles. The van der Waals surface area contributed by atoms with Crippen LogP contribution in [0.2, 0.25) is 0 Å². The van der Waals surface area contributed by atoms with Crippen LogP contribution in [-0.2, 0) is 9.47 Å². The van der Waals surface area contributed by atoms with Crippen molar-refractivity contribution in [1.82, 2.24) is 4.98 Å². The molecule has 0 amide bonds. The van der Waals surface area contributed by atoms with Gasteiger partial charge >= 0.3 is 0 Å². The molecule has 0 saturated carbocycles. The summed E-state index contributed by atoms with van der Waals surface area (Å²) in [5, 5.41) is 4.42. The van der Waals surface area contributed by atoms with E-state index in [2.05, 4.69) is 15.0 Å². The second-order valence-electron chi connectivity index (χ2n) is 4.36. The van der Waals surface area contributed by atoms with Gasteiger partial charge in [-0.2, -0.15) is 0 Å². The van der Waals surface area contributed by atoms with E-state index in [9.17, 15) is 0 Å². The molecule has 1 aromatic heterocycles. The van der Waals surface area contributed by atoms with Gasteiger partial charge in [-0.15, -0.1) is 0 Å². The minimum atomic E-state index is 0.341. The van der Waals surface area contributed by atoms with E-state index in [1.54, 1.807) is 6.20 Å². The Bertz CT molecular complexity index is 624. The van der Waals surface area contributed by atoms with Gasteiger partial charge in [0, 0.05) is 23.0 Å². The number of hydrogen-bond acceptors (Lipinski definition) is 5. The highest BCUT2D eigenvalue weighted by Gasteiger charge is 2.02. The van der Waals surface area contributed by atoms with Crippen molar-refractivity contribution in [2.24, 2.45) is 5.11 Å². The van der Waals surface area contributed by atoms with Gasteiger partial charge in [0.1, 0.15) is 17.9 Å². The van der Waals surface area contributed by atoms with E-state index in [4.69, 9.17) is 19.7 Å². The Labute approximate surface area is 128 Å². The molecular formula is C15H18N4O3. The molecule has 0 fully saturated rings. The third-order valence-corrected chi connectivity index (χ3v) is 2.85. The number of hydrogen-bond donors (Lipinski definition) is 0. The number of benzene rings is 1. The van der Waals surface area contributed by atoms with E-state index in [1.807, 2.05) is 30.3 Å². The second kappa shape index (κ2) is 9.57. The minimum Gasteiger partial charge on any atom is -0.489 e. The average molecular weight is 302 g/mol. The Morgan fingerprint density at radius 2 is 1.77 bits per heavy atom. The number of ether oxygens (including phenoxy) is 3. The van der Waals surface area contributed by atoms with Gasteiger partial charge in [0.25, 0.3) is 0 Å². The monoisotopic (exact) mass is 302 g/mol. The minimum absolute atomic E-state index is 0.341. The molecular weight excluding hydrogens is 284 g/mol. The third-order valence-electron chi connectivity index (χ3n) is 2.85. The molecule has 0 bridgehead atoms. The maximum atomic E-state index is 8.09. The van der Waals surface area contributed by atoms with E-state index in [0.717, 1.165) is 16.7 Å². The molecule has 116 valence electrons. The van der Waals surface area contributed by atoms with Crippen LogP contribution in [0.3, 0.4) is 0 Å². The van der Waals surface area contributed by atoms with Gasteiger partial charge in [-0.05, 0) is 17.7 Å². The highest BCUT2D eigenvalue weighted by Crippen LogP contribution is 2.22. The smallest absolute Gasteiger partial charge is 0.145 e. The fourth-order valence-corrected chi connectivity index (χ4v) is 1.88. The lowest BCUT2D eigenvalue weighted by Crippen LogP contribution is -2.11. The molecule has 22 heavy (non-hydrogen) atoms. The van der Waals surface area contributed by atoms with Crippen molar-refractivity contribution in [2.75, 3.05) is 39.6 Å². The van der Waals surface area contributed by atoms with Crippen LogP contribution in [0.4, 0.5) is 0 Å². The van der Waals surface area contributed by atoms with E-state index in [1.165, 1.54) is 0 Å². The van der Waals surface area contributed by atoms with Gasteiger partial charge in [0.05, 0.1) is 26.4 Å². The van der Waals surface area contributed by atoms with Gasteiger partial charge in [0.2, 0.25) is 0 Å². The topological polar surface area (TPSA) is 89.3 Å². The summed E-state index contributed by atoms with van der Waals surface area (Å²) in [4.78, 5) is 6.96. The summed E-state index contributed by atoms with van der Waals surface area (Å²) in [7, 11) is 0. The van der Waals surface area contributed by atoms with Crippen molar-refractivity contribution in [2.45, 2.75) is 0 Å². The molecule has 0 aliphatic heterocycles. The van der Waals surface area contributed by atoms with Gasteiger partial charge in [-0.3, -0.25) is 4.98 Å². The number of para-hydroxylation sites is 1. The number of aromatic nitrogens is 1. The maximum Gasteiger partial charge on any atom is 0.145 e. The summed E-state index contributed by atoms with van der Waals surface area (Å²) in [6.45, 7) is 2.63. The molecule has 1 aromatic carbocycles. The van der Waals surface area contributed by atoms with Crippen molar-refractivity contribution in [1.29, 1.82) is 0 Å². The fourth-order valence-electron chi connectivity index (χ4n) is 1.88. The Balaban J connectivity index is 1.61. The van der Waals surface area contributed by atoms with Crippen LogP contribution in [-0.4, -0.2) is 44.6 Å². The zero-order valence-corrected chi connectivity index (χ0v) is 12.2.